The van der Waals surface area contributed by atoms with E-state index in [2.05, 4.69) is 19.2 Å². The number of hydrogen-bond acceptors (Lipinski definition) is 3. The van der Waals surface area contributed by atoms with Crippen molar-refractivity contribution in [1.82, 2.24) is 9.88 Å². The zero-order valence-electron chi connectivity index (χ0n) is 16.9. The Labute approximate surface area is 169 Å². The van der Waals surface area contributed by atoms with E-state index in [9.17, 15) is 14.0 Å². The Hall–Kier alpha value is -3.15. The molecule has 0 fully saturated rings. The van der Waals surface area contributed by atoms with Gasteiger partial charge in [-0.1, -0.05) is 26.0 Å². The monoisotopic (exact) mass is 396 g/mol. The van der Waals surface area contributed by atoms with Gasteiger partial charge in [-0.2, -0.15) is 0 Å². The molecule has 2 aromatic carbocycles. The quantitative estimate of drug-likeness (QED) is 0.657. The van der Waals surface area contributed by atoms with E-state index in [0.29, 0.717) is 18.8 Å². The summed E-state index contributed by atoms with van der Waals surface area (Å²) < 4.78 is 20.3. The first-order valence-electron chi connectivity index (χ1n) is 9.70. The average molecular weight is 396 g/mol. The van der Waals surface area contributed by atoms with Crippen molar-refractivity contribution in [2.75, 3.05) is 6.61 Å². The fourth-order valence-corrected chi connectivity index (χ4v) is 3.28. The second-order valence-electron chi connectivity index (χ2n) is 7.21. The zero-order valence-corrected chi connectivity index (χ0v) is 16.9. The highest BCUT2D eigenvalue weighted by Crippen LogP contribution is 2.27. The number of carbonyl (C=O) groups is 1. The Kier molecular flexibility index (Phi) is 6.32. The molecule has 1 amide bonds. The number of halogens is 1. The van der Waals surface area contributed by atoms with Gasteiger partial charge in [0.1, 0.15) is 11.6 Å². The van der Waals surface area contributed by atoms with Crippen LogP contribution in [0.3, 0.4) is 0 Å². The Balaban J connectivity index is 1.72. The van der Waals surface area contributed by atoms with Crippen molar-refractivity contribution < 1.29 is 13.9 Å². The van der Waals surface area contributed by atoms with Gasteiger partial charge < -0.3 is 14.6 Å². The lowest BCUT2D eigenvalue weighted by atomic mass is 9.98. The normalized spacial score (nSPS) is 11.1. The molecule has 152 valence electrons. The number of carbonyl (C=O) groups excluding carboxylic acids is 1. The summed E-state index contributed by atoms with van der Waals surface area (Å²) in [7, 11) is 0. The molecule has 0 atom stereocenters. The van der Waals surface area contributed by atoms with E-state index >= 15 is 0 Å². The maximum Gasteiger partial charge on any atom is 0.258 e. The highest BCUT2D eigenvalue weighted by molar-refractivity contribution is 5.84. The fraction of sp³-hybridized carbons (Fsp3) is 0.304. The van der Waals surface area contributed by atoms with Crippen molar-refractivity contribution in [2.45, 2.75) is 39.8 Å². The number of ether oxygens (including phenoxy) is 1. The molecule has 0 saturated carbocycles. The van der Waals surface area contributed by atoms with Gasteiger partial charge in [0.15, 0.2) is 6.61 Å². The summed E-state index contributed by atoms with van der Waals surface area (Å²) in [6.07, 6.45) is 0. The Morgan fingerprint density at radius 3 is 2.52 bits per heavy atom. The number of pyridine rings is 1. The van der Waals surface area contributed by atoms with Crippen LogP contribution in [0.5, 0.6) is 5.75 Å². The van der Waals surface area contributed by atoms with Gasteiger partial charge in [-0.15, -0.1) is 0 Å². The summed E-state index contributed by atoms with van der Waals surface area (Å²) in [5.74, 6) is 0.154. The smallest absolute Gasteiger partial charge is 0.258 e. The molecule has 1 N–H and O–H groups in total. The molecule has 1 aromatic heterocycles. The van der Waals surface area contributed by atoms with E-state index in [1.807, 2.05) is 19.1 Å². The van der Waals surface area contributed by atoms with Crippen LogP contribution in [0.4, 0.5) is 4.39 Å². The van der Waals surface area contributed by atoms with Gasteiger partial charge >= 0.3 is 0 Å². The van der Waals surface area contributed by atoms with Crippen LogP contribution < -0.4 is 15.6 Å². The van der Waals surface area contributed by atoms with Crippen molar-refractivity contribution in [3.05, 3.63) is 75.8 Å². The van der Waals surface area contributed by atoms with E-state index < -0.39 is 0 Å². The molecule has 6 heteroatoms. The lowest BCUT2D eigenvalue weighted by Gasteiger charge is -2.15. The van der Waals surface area contributed by atoms with E-state index in [1.165, 1.54) is 12.1 Å². The van der Waals surface area contributed by atoms with E-state index in [1.54, 1.807) is 28.8 Å². The van der Waals surface area contributed by atoms with E-state index in [-0.39, 0.29) is 29.8 Å². The third-order valence-corrected chi connectivity index (χ3v) is 4.83. The highest BCUT2D eigenvalue weighted by Gasteiger charge is 2.12. The fourth-order valence-electron chi connectivity index (χ4n) is 3.28. The van der Waals surface area contributed by atoms with Gasteiger partial charge in [-0.3, -0.25) is 9.59 Å². The minimum atomic E-state index is -0.314. The molecular formula is C23H25FN2O3. The molecule has 0 saturated heterocycles. The summed E-state index contributed by atoms with van der Waals surface area (Å²) in [6, 6.07) is 13.2. The summed E-state index contributed by atoms with van der Waals surface area (Å²) in [4.78, 5) is 24.5. The Morgan fingerprint density at radius 1 is 1.14 bits per heavy atom. The van der Waals surface area contributed by atoms with Crippen molar-refractivity contribution in [3.63, 3.8) is 0 Å². The van der Waals surface area contributed by atoms with Gasteiger partial charge in [0.2, 0.25) is 0 Å². The molecule has 3 aromatic rings. The first kappa shape index (κ1) is 20.6. The lowest BCUT2D eigenvalue weighted by Crippen LogP contribution is -2.28. The van der Waals surface area contributed by atoms with Crippen LogP contribution in [-0.4, -0.2) is 17.1 Å². The van der Waals surface area contributed by atoms with Crippen LogP contribution in [-0.2, 0) is 17.9 Å². The average Bonchev–Trinajstić information content (AvgIpc) is 2.71. The summed E-state index contributed by atoms with van der Waals surface area (Å²) >= 11 is 0. The summed E-state index contributed by atoms with van der Waals surface area (Å²) in [6.45, 7) is 6.74. The second kappa shape index (κ2) is 8.90. The van der Waals surface area contributed by atoms with Crippen molar-refractivity contribution >= 4 is 16.8 Å². The van der Waals surface area contributed by atoms with Crippen molar-refractivity contribution in [2.24, 2.45) is 0 Å². The van der Waals surface area contributed by atoms with Gasteiger partial charge in [-0.25, -0.2) is 4.39 Å². The molecule has 0 aliphatic rings. The second-order valence-corrected chi connectivity index (χ2v) is 7.21. The van der Waals surface area contributed by atoms with E-state index in [0.717, 1.165) is 22.0 Å². The first-order chi connectivity index (χ1) is 13.9. The van der Waals surface area contributed by atoms with Crippen LogP contribution in [0.25, 0.3) is 10.9 Å². The van der Waals surface area contributed by atoms with Crippen LogP contribution >= 0.6 is 0 Å². The molecule has 0 aliphatic carbocycles. The number of benzene rings is 2. The van der Waals surface area contributed by atoms with Gasteiger partial charge in [-0.05, 0) is 48.2 Å². The number of aryl methyl sites for hydroxylation is 1. The Bertz CT molecular complexity index is 1070. The molecule has 0 unspecified atom stereocenters. The van der Waals surface area contributed by atoms with Crippen LogP contribution in [0.1, 0.15) is 37.8 Å². The van der Waals surface area contributed by atoms with Gasteiger partial charge in [0.05, 0.1) is 5.52 Å². The number of hydrogen-bond donors (Lipinski definition) is 1. The molecular weight excluding hydrogens is 371 g/mol. The number of amides is 1. The summed E-state index contributed by atoms with van der Waals surface area (Å²) in [5, 5.41) is 3.75. The molecule has 5 nitrogen and oxygen atoms in total. The van der Waals surface area contributed by atoms with Gasteiger partial charge in [0.25, 0.3) is 11.5 Å². The lowest BCUT2D eigenvalue weighted by molar-refractivity contribution is -0.123. The third-order valence-electron chi connectivity index (χ3n) is 4.83. The maximum atomic E-state index is 12.9. The molecule has 3 rings (SSSR count). The highest BCUT2D eigenvalue weighted by atomic mass is 19.1. The molecule has 1 heterocycles. The number of rotatable bonds is 7. The molecule has 0 aliphatic heterocycles. The molecule has 0 bridgehead atoms. The van der Waals surface area contributed by atoms with Crippen molar-refractivity contribution in [1.29, 1.82) is 0 Å². The van der Waals surface area contributed by atoms with Crippen molar-refractivity contribution in [3.8, 4) is 5.75 Å². The largest absolute Gasteiger partial charge is 0.484 e. The molecule has 0 spiro atoms. The Morgan fingerprint density at radius 2 is 1.86 bits per heavy atom. The number of nitrogens with one attached hydrogen (secondary N) is 1. The molecule has 0 radical (unpaired) electrons. The number of aromatic nitrogens is 1. The minimum Gasteiger partial charge on any atom is -0.484 e. The number of fused-ring (bicyclic) bond motifs is 1. The van der Waals surface area contributed by atoms with Crippen LogP contribution in [0, 0.1) is 5.82 Å². The SMILES string of the molecule is CCn1c(=O)cc(C(C)C)c2ccc(OCC(=O)NCc3ccc(F)cc3)cc21. The number of nitrogens with zero attached hydrogens (tertiary/aromatic N) is 1. The topological polar surface area (TPSA) is 60.3 Å². The first-order valence-corrected chi connectivity index (χ1v) is 9.70. The van der Waals surface area contributed by atoms with Crippen LogP contribution in [0.2, 0.25) is 0 Å². The maximum absolute atomic E-state index is 12.9. The van der Waals surface area contributed by atoms with E-state index in [4.69, 9.17) is 4.74 Å². The third kappa shape index (κ3) is 4.83. The predicted molar refractivity (Wildman–Crippen MR) is 112 cm³/mol. The molecule has 29 heavy (non-hydrogen) atoms. The van der Waals surface area contributed by atoms with Crippen LogP contribution in [0.15, 0.2) is 53.3 Å². The summed E-state index contributed by atoms with van der Waals surface area (Å²) in [5.41, 5.74) is 2.56. The minimum absolute atomic E-state index is 0.0436. The predicted octanol–water partition coefficient (Wildman–Crippen LogP) is 3.98. The zero-order chi connectivity index (χ0) is 21.0. The van der Waals surface area contributed by atoms with Gasteiger partial charge in [0, 0.05) is 30.6 Å². The standard InChI is InChI=1S/C23H25FN2O3/c1-4-26-21-11-18(9-10-19(21)20(15(2)3)12-23(26)28)29-14-22(27)25-13-16-5-7-17(24)8-6-16/h5-12,15H,4,13-14H2,1-3H3,(H,25,27).